The summed E-state index contributed by atoms with van der Waals surface area (Å²) in [4.78, 5) is 11.2. The van der Waals surface area contributed by atoms with Crippen molar-refractivity contribution in [1.29, 1.82) is 0 Å². The number of methoxy groups -OCH3 is 1. The molecule has 17 heavy (non-hydrogen) atoms. The monoisotopic (exact) mass is 258 g/mol. The van der Waals surface area contributed by atoms with Crippen molar-refractivity contribution in [2.45, 2.75) is 6.73 Å². The first-order valence-corrected chi connectivity index (χ1v) is 8.08. The average molecular weight is 258 g/mol. The highest BCUT2D eigenvalue weighted by atomic mass is 32.3. The number of rotatable bonds is 6. The Labute approximate surface area is 102 Å². The van der Waals surface area contributed by atoms with E-state index in [1.54, 1.807) is 10.9 Å². The normalized spacial score (nSPS) is 18.7. The summed E-state index contributed by atoms with van der Waals surface area (Å²) in [5.74, 6) is 3.60. The second-order valence-electron chi connectivity index (χ2n) is 4.39. The minimum Gasteiger partial charge on any atom is -0.465 e. The summed E-state index contributed by atoms with van der Waals surface area (Å²) in [6, 6.07) is 0. The van der Waals surface area contributed by atoms with Crippen LogP contribution in [0.4, 0.5) is 0 Å². The number of aromatic nitrogens is 2. The summed E-state index contributed by atoms with van der Waals surface area (Å²) >= 11 is 0. The van der Waals surface area contributed by atoms with Gasteiger partial charge in [-0.15, -0.1) is 0 Å². The summed E-state index contributed by atoms with van der Waals surface area (Å²) in [5, 5.41) is 4.03. The zero-order valence-electron chi connectivity index (χ0n) is 10.2. The minimum atomic E-state index is -0.369. The van der Waals surface area contributed by atoms with Gasteiger partial charge in [0, 0.05) is 11.9 Å². The topological polar surface area (TPSA) is 53.3 Å². The lowest BCUT2D eigenvalue weighted by atomic mass is 10.4. The maximum absolute atomic E-state index is 11.2. The third kappa shape index (κ3) is 3.47. The van der Waals surface area contributed by atoms with Crippen LogP contribution in [0.5, 0.6) is 0 Å². The van der Waals surface area contributed by atoms with E-state index in [0.29, 0.717) is 12.3 Å². The van der Waals surface area contributed by atoms with Crippen molar-refractivity contribution in [3.05, 3.63) is 18.0 Å². The standard InChI is InChI=1S/C11H18N2O3S/c1-15-11(14)10-7-12-13(8-10)9-16-3-4-17(2)5-6-17/h7-8H,3-6,9H2,1-2H3. The number of hydrogen-bond donors (Lipinski definition) is 0. The molecule has 1 saturated heterocycles. The molecule has 1 aliphatic rings. The molecule has 0 unspecified atom stereocenters. The van der Waals surface area contributed by atoms with Crippen molar-refractivity contribution in [3.63, 3.8) is 0 Å². The van der Waals surface area contributed by atoms with Crippen LogP contribution in [-0.4, -0.2) is 53.0 Å². The van der Waals surface area contributed by atoms with Gasteiger partial charge in [-0.2, -0.15) is 5.10 Å². The first kappa shape index (κ1) is 12.4. The fraction of sp³-hybridized carbons (Fsp3) is 0.636. The molecule has 2 rings (SSSR count). The Balaban J connectivity index is 1.71. The Bertz CT molecular complexity index is 401. The molecule has 1 aromatic rings. The maximum atomic E-state index is 11.2. The van der Waals surface area contributed by atoms with Gasteiger partial charge in [0.15, 0.2) is 0 Å². The maximum Gasteiger partial charge on any atom is 0.341 e. The number of nitrogens with zero attached hydrogens (tertiary/aromatic N) is 2. The van der Waals surface area contributed by atoms with E-state index in [1.165, 1.54) is 30.6 Å². The lowest BCUT2D eigenvalue weighted by Crippen LogP contribution is -2.07. The van der Waals surface area contributed by atoms with Crippen molar-refractivity contribution in [2.24, 2.45) is 0 Å². The SMILES string of the molecule is COC(=O)c1cnn(COCCS2(C)CC2)c1. The van der Waals surface area contributed by atoms with Crippen LogP contribution in [-0.2, 0) is 16.2 Å². The molecule has 96 valence electrons. The molecule has 6 heteroatoms. The van der Waals surface area contributed by atoms with E-state index < -0.39 is 0 Å². The fourth-order valence-corrected chi connectivity index (χ4v) is 3.49. The Kier molecular flexibility index (Phi) is 3.73. The Hall–Kier alpha value is -1.01. The Morgan fingerprint density at radius 2 is 2.35 bits per heavy atom. The van der Waals surface area contributed by atoms with Crippen molar-refractivity contribution in [3.8, 4) is 0 Å². The quantitative estimate of drug-likeness (QED) is 0.435. The van der Waals surface area contributed by atoms with E-state index in [4.69, 9.17) is 4.74 Å². The molecule has 0 spiro atoms. The number of ether oxygens (including phenoxy) is 2. The highest BCUT2D eigenvalue weighted by Gasteiger charge is 2.30. The highest BCUT2D eigenvalue weighted by Crippen LogP contribution is 2.57. The van der Waals surface area contributed by atoms with E-state index in [1.807, 2.05) is 0 Å². The third-order valence-electron chi connectivity index (χ3n) is 2.90. The van der Waals surface area contributed by atoms with Gasteiger partial charge in [0.05, 0.1) is 25.5 Å². The molecule has 1 aromatic heterocycles. The number of carbonyl (C=O) groups is 1. The summed E-state index contributed by atoms with van der Waals surface area (Å²) in [6.45, 7) is 1.17. The van der Waals surface area contributed by atoms with Gasteiger partial charge < -0.3 is 9.47 Å². The molecule has 0 aromatic carbocycles. The van der Waals surface area contributed by atoms with Gasteiger partial charge in [0.1, 0.15) is 6.73 Å². The van der Waals surface area contributed by atoms with Gasteiger partial charge in [0.25, 0.3) is 0 Å². The van der Waals surface area contributed by atoms with Gasteiger partial charge in [-0.3, -0.25) is 0 Å². The van der Waals surface area contributed by atoms with Crippen molar-refractivity contribution in [2.75, 3.05) is 37.2 Å². The van der Waals surface area contributed by atoms with Crippen molar-refractivity contribution >= 4 is 16.0 Å². The third-order valence-corrected chi connectivity index (χ3v) is 5.85. The second-order valence-corrected chi connectivity index (χ2v) is 8.57. The van der Waals surface area contributed by atoms with Crippen LogP contribution < -0.4 is 0 Å². The van der Waals surface area contributed by atoms with Gasteiger partial charge in [-0.1, -0.05) is 0 Å². The van der Waals surface area contributed by atoms with E-state index >= 15 is 0 Å². The van der Waals surface area contributed by atoms with Gasteiger partial charge in [-0.05, 0) is 17.8 Å². The van der Waals surface area contributed by atoms with Gasteiger partial charge in [0.2, 0.25) is 0 Å². The van der Waals surface area contributed by atoms with Crippen LogP contribution >= 0.6 is 10.0 Å². The lowest BCUT2D eigenvalue weighted by Gasteiger charge is -2.12. The molecule has 0 N–H and O–H groups in total. The molecular weight excluding hydrogens is 240 g/mol. The second kappa shape index (κ2) is 5.10. The number of esters is 1. The van der Waals surface area contributed by atoms with Crippen LogP contribution in [0.2, 0.25) is 0 Å². The highest BCUT2D eigenvalue weighted by molar-refractivity contribution is 8.38. The van der Waals surface area contributed by atoms with E-state index in [9.17, 15) is 4.79 Å². The fourth-order valence-electron chi connectivity index (χ4n) is 1.42. The predicted molar refractivity (Wildman–Crippen MR) is 67.6 cm³/mol. The number of carbonyl (C=O) groups excluding carboxylic acids is 1. The predicted octanol–water partition coefficient (Wildman–Crippen LogP) is 1.09. The molecule has 1 aliphatic heterocycles. The molecule has 0 bridgehead atoms. The molecule has 0 atom stereocenters. The van der Waals surface area contributed by atoms with Crippen LogP contribution in [0.15, 0.2) is 12.4 Å². The van der Waals surface area contributed by atoms with Crippen LogP contribution in [0, 0.1) is 0 Å². The lowest BCUT2D eigenvalue weighted by molar-refractivity contribution is 0.0599. The molecular formula is C11H18N2O3S. The smallest absolute Gasteiger partial charge is 0.341 e. The molecule has 0 radical (unpaired) electrons. The van der Waals surface area contributed by atoms with Crippen LogP contribution in [0.3, 0.4) is 0 Å². The molecule has 2 heterocycles. The Morgan fingerprint density at radius 1 is 1.59 bits per heavy atom. The van der Waals surface area contributed by atoms with E-state index in [0.717, 1.165) is 6.61 Å². The molecule has 0 amide bonds. The largest absolute Gasteiger partial charge is 0.465 e. The van der Waals surface area contributed by atoms with Crippen LogP contribution in [0.1, 0.15) is 10.4 Å². The molecule has 5 nitrogen and oxygen atoms in total. The van der Waals surface area contributed by atoms with Gasteiger partial charge >= 0.3 is 5.97 Å². The molecule has 0 aliphatic carbocycles. The zero-order valence-corrected chi connectivity index (χ0v) is 11.0. The average Bonchev–Trinajstić information content (AvgIpc) is 2.89. The summed E-state index contributed by atoms with van der Waals surface area (Å²) in [5.41, 5.74) is 0.455. The van der Waals surface area contributed by atoms with Crippen molar-refractivity contribution in [1.82, 2.24) is 9.78 Å². The van der Waals surface area contributed by atoms with E-state index in [2.05, 4.69) is 16.1 Å². The number of hydrogen-bond acceptors (Lipinski definition) is 4. The Morgan fingerprint density at radius 3 is 3.00 bits per heavy atom. The summed E-state index contributed by atoms with van der Waals surface area (Å²) in [6.07, 6.45) is 5.49. The molecule has 1 fully saturated rings. The van der Waals surface area contributed by atoms with Gasteiger partial charge in [-0.25, -0.2) is 19.5 Å². The summed E-state index contributed by atoms with van der Waals surface area (Å²) in [7, 11) is 1.09. The van der Waals surface area contributed by atoms with E-state index in [-0.39, 0.29) is 16.0 Å². The van der Waals surface area contributed by atoms with Crippen molar-refractivity contribution < 1.29 is 14.3 Å². The first-order valence-electron chi connectivity index (χ1n) is 5.53. The minimum absolute atomic E-state index is 0.270. The molecule has 0 saturated carbocycles. The van der Waals surface area contributed by atoms with Crippen LogP contribution in [0.25, 0.3) is 0 Å². The zero-order chi connectivity index (χ0) is 12.3. The first-order chi connectivity index (χ1) is 8.13. The summed E-state index contributed by atoms with van der Waals surface area (Å²) < 4.78 is 11.7.